The first kappa shape index (κ1) is 16.9. The Kier molecular flexibility index (Phi) is 6.63. The van der Waals surface area contributed by atoms with E-state index < -0.39 is 0 Å². The molecule has 0 unspecified atom stereocenters. The van der Waals surface area contributed by atoms with Gasteiger partial charge in [0.1, 0.15) is 0 Å². The summed E-state index contributed by atoms with van der Waals surface area (Å²) in [7, 11) is 0. The molecule has 1 aliphatic rings. The molecule has 21 heavy (non-hydrogen) atoms. The van der Waals surface area contributed by atoms with Gasteiger partial charge in [0.25, 0.3) is 0 Å². The Labute approximate surface area is 135 Å². The molecule has 1 nitrogen and oxygen atoms in total. The molecule has 0 radical (unpaired) electrons. The quantitative estimate of drug-likeness (QED) is 0.571. The molecule has 0 spiro atoms. The molecule has 2 rings (SSSR count). The largest absolute Gasteiger partial charge is 0.316 e. The maximum atomic E-state index is 3.66. The number of thioether (sulfide) groups is 1. The van der Waals surface area contributed by atoms with Crippen LogP contribution in [0, 0.1) is 17.3 Å². The first-order valence-corrected chi connectivity index (χ1v) is 9.43. The Balaban J connectivity index is 1.54. The Morgan fingerprint density at radius 3 is 2.33 bits per heavy atom. The average Bonchev–Trinajstić information content (AvgIpc) is 2.47. The topological polar surface area (TPSA) is 12.0 Å². The van der Waals surface area contributed by atoms with Crippen LogP contribution in [0.15, 0.2) is 35.2 Å². The van der Waals surface area contributed by atoms with Crippen molar-refractivity contribution in [2.45, 2.75) is 51.3 Å². The highest BCUT2D eigenvalue weighted by atomic mass is 32.2. The fourth-order valence-corrected chi connectivity index (χ4v) is 4.13. The lowest BCUT2D eigenvalue weighted by molar-refractivity contribution is 0.149. The highest BCUT2D eigenvalue weighted by Gasteiger charge is 2.29. The van der Waals surface area contributed by atoms with Crippen LogP contribution in [0.1, 0.15) is 46.5 Å². The van der Waals surface area contributed by atoms with Crippen LogP contribution in [-0.4, -0.2) is 18.8 Å². The molecule has 0 bridgehead atoms. The number of rotatable bonds is 6. The molecule has 1 fully saturated rings. The van der Waals surface area contributed by atoms with Crippen molar-refractivity contribution in [3.8, 4) is 0 Å². The third kappa shape index (κ3) is 6.04. The summed E-state index contributed by atoms with van der Waals surface area (Å²) in [6, 6.07) is 10.7. The lowest BCUT2D eigenvalue weighted by atomic mass is 9.70. The van der Waals surface area contributed by atoms with Crippen molar-refractivity contribution in [2.24, 2.45) is 17.3 Å². The summed E-state index contributed by atoms with van der Waals surface area (Å²) >= 11 is 1.95. The highest BCUT2D eigenvalue weighted by Crippen LogP contribution is 2.39. The van der Waals surface area contributed by atoms with Crippen molar-refractivity contribution < 1.29 is 0 Å². The highest BCUT2D eigenvalue weighted by molar-refractivity contribution is 7.99. The van der Waals surface area contributed by atoms with Gasteiger partial charge >= 0.3 is 0 Å². The van der Waals surface area contributed by atoms with Crippen molar-refractivity contribution >= 4 is 11.8 Å². The Morgan fingerprint density at radius 2 is 1.71 bits per heavy atom. The zero-order chi connectivity index (χ0) is 15.1. The van der Waals surface area contributed by atoms with Gasteiger partial charge in [0.2, 0.25) is 0 Å². The Morgan fingerprint density at radius 1 is 1.05 bits per heavy atom. The van der Waals surface area contributed by atoms with Crippen LogP contribution in [0.4, 0.5) is 0 Å². The van der Waals surface area contributed by atoms with Crippen LogP contribution < -0.4 is 5.32 Å². The van der Waals surface area contributed by atoms with E-state index >= 15 is 0 Å². The molecule has 1 aromatic carbocycles. The molecule has 0 saturated heterocycles. The summed E-state index contributed by atoms with van der Waals surface area (Å²) in [6.45, 7) is 9.54. The van der Waals surface area contributed by atoms with Gasteiger partial charge in [-0.2, -0.15) is 0 Å². The SMILES string of the molecule is CC(C)(C)C1CCC(CNCCSc2ccccc2)CC1. The molecule has 0 aromatic heterocycles. The standard InChI is InChI=1S/C19H31NS/c1-19(2,3)17-11-9-16(10-12-17)15-20-13-14-21-18-7-5-4-6-8-18/h4-8,16-17,20H,9-15H2,1-3H3. The lowest BCUT2D eigenvalue weighted by Crippen LogP contribution is -2.31. The molecule has 1 aromatic rings. The molecule has 0 heterocycles. The van der Waals surface area contributed by atoms with Gasteiger partial charge in [-0.15, -0.1) is 11.8 Å². The number of hydrogen-bond donors (Lipinski definition) is 1. The van der Waals surface area contributed by atoms with E-state index in [4.69, 9.17) is 0 Å². The van der Waals surface area contributed by atoms with E-state index in [0.29, 0.717) is 5.41 Å². The molecule has 118 valence electrons. The Hall–Kier alpha value is -0.470. The van der Waals surface area contributed by atoms with E-state index in [-0.39, 0.29) is 0 Å². The normalized spacial score (nSPS) is 23.2. The zero-order valence-electron chi connectivity index (χ0n) is 13.9. The van der Waals surface area contributed by atoms with E-state index in [1.807, 2.05) is 11.8 Å². The third-order valence-electron chi connectivity index (χ3n) is 4.80. The number of benzene rings is 1. The van der Waals surface area contributed by atoms with Crippen LogP contribution in [-0.2, 0) is 0 Å². The first-order valence-electron chi connectivity index (χ1n) is 8.44. The maximum absolute atomic E-state index is 3.66. The summed E-state index contributed by atoms with van der Waals surface area (Å²) in [5, 5.41) is 3.66. The maximum Gasteiger partial charge on any atom is 0.0106 e. The zero-order valence-corrected chi connectivity index (χ0v) is 14.7. The van der Waals surface area contributed by atoms with Gasteiger partial charge in [0, 0.05) is 17.2 Å². The van der Waals surface area contributed by atoms with Crippen LogP contribution in [0.5, 0.6) is 0 Å². The predicted molar refractivity (Wildman–Crippen MR) is 94.9 cm³/mol. The molecular weight excluding hydrogens is 274 g/mol. The van der Waals surface area contributed by atoms with Crippen LogP contribution >= 0.6 is 11.8 Å². The fraction of sp³-hybridized carbons (Fsp3) is 0.684. The van der Waals surface area contributed by atoms with E-state index in [0.717, 1.165) is 18.4 Å². The van der Waals surface area contributed by atoms with Crippen LogP contribution in [0.25, 0.3) is 0 Å². The van der Waals surface area contributed by atoms with Gasteiger partial charge in [-0.3, -0.25) is 0 Å². The molecule has 0 atom stereocenters. The smallest absolute Gasteiger partial charge is 0.0106 e. The van der Waals surface area contributed by atoms with E-state index in [9.17, 15) is 0 Å². The predicted octanol–water partition coefficient (Wildman–Crippen LogP) is 5.22. The van der Waals surface area contributed by atoms with Gasteiger partial charge in [-0.1, -0.05) is 39.0 Å². The van der Waals surface area contributed by atoms with Crippen molar-refractivity contribution in [1.29, 1.82) is 0 Å². The average molecular weight is 306 g/mol. The minimum absolute atomic E-state index is 0.505. The van der Waals surface area contributed by atoms with Gasteiger partial charge in [-0.25, -0.2) is 0 Å². The van der Waals surface area contributed by atoms with Gasteiger partial charge in [-0.05, 0) is 61.6 Å². The summed E-state index contributed by atoms with van der Waals surface area (Å²) in [6.07, 6.45) is 5.69. The molecule has 1 N–H and O–H groups in total. The monoisotopic (exact) mass is 305 g/mol. The molecule has 0 amide bonds. The summed E-state index contributed by atoms with van der Waals surface area (Å²) in [5.41, 5.74) is 0.505. The van der Waals surface area contributed by atoms with Crippen molar-refractivity contribution in [1.82, 2.24) is 5.32 Å². The van der Waals surface area contributed by atoms with Gasteiger partial charge in [0.15, 0.2) is 0 Å². The third-order valence-corrected chi connectivity index (χ3v) is 5.81. The second-order valence-electron chi connectivity index (χ2n) is 7.45. The number of hydrogen-bond acceptors (Lipinski definition) is 2. The second-order valence-corrected chi connectivity index (χ2v) is 8.62. The van der Waals surface area contributed by atoms with Crippen molar-refractivity contribution in [3.63, 3.8) is 0 Å². The molecule has 0 aliphatic heterocycles. The van der Waals surface area contributed by atoms with Crippen LogP contribution in [0.2, 0.25) is 0 Å². The first-order chi connectivity index (χ1) is 10.1. The van der Waals surface area contributed by atoms with E-state index in [1.54, 1.807) is 0 Å². The van der Waals surface area contributed by atoms with Crippen LogP contribution in [0.3, 0.4) is 0 Å². The van der Waals surface area contributed by atoms with E-state index in [1.165, 1.54) is 42.9 Å². The van der Waals surface area contributed by atoms with Crippen molar-refractivity contribution in [2.75, 3.05) is 18.8 Å². The van der Waals surface area contributed by atoms with Crippen molar-refractivity contribution in [3.05, 3.63) is 30.3 Å². The summed E-state index contributed by atoms with van der Waals surface area (Å²) in [5.74, 6) is 3.01. The molecular formula is C19H31NS. The lowest BCUT2D eigenvalue weighted by Gasteiger charge is -2.37. The van der Waals surface area contributed by atoms with Gasteiger partial charge in [0.05, 0.1) is 0 Å². The molecule has 1 aliphatic carbocycles. The molecule has 2 heteroatoms. The Bertz CT molecular complexity index is 388. The minimum Gasteiger partial charge on any atom is -0.316 e. The van der Waals surface area contributed by atoms with Gasteiger partial charge < -0.3 is 5.32 Å². The van der Waals surface area contributed by atoms with E-state index in [2.05, 4.69) is 56.4 Å². The minimum atomic E-state index is 0.505. The molecule has 1 saturated carbocycles. The summed E-state index contributed by atoms with van der Waals surface area (Å²) in [4.78, 5) is 1.38. The fourth-order valence-electron chi connectivity index (χ4n) is 3.30. The number of nitrogens with one attached hydrogen (secondary N) is 1. The second kappa shape index (κ2) is 8.24. The summed E-state index contributed by atoms with van der Waals surface area (Å²) < 4.78 is 0.